The number of hydrogen-bond donors (Lipinski definition) is 1. The van der Waals surface area contributed by atoms with Crippen molar-refractivity contribution in [2.24, 2.45) is 0 Å². The first kappa shape index (κ1) is 13.9. The number of nitrogens with zero attached hydrogens (tertiary/aromatic N) is 1. The Morgan fingerprint density at radius 1 is 1.40 bits per heavy atom. The monoisotopic (exact) mass is 219 g/mol. The van der Waals surface area contributed by atoms with Crippen LogP contribution in [0.1, 0.15) is 6.92 Å². The SMILES string of the molecule is COCC(C)N(C)C(=O)COCC(=O)O. The number of hydrogen-bond acceptors (Lipinski definition) is 4. The van der Waals surface area contributed by atoms with Crippen molar-refractivity contribution in [3.8, 4) is 0 Å². The maximum absolute atomic E-state index is 11.4. The van der Waals surface area contributed by atoms with Gasteiger partial charge in [-0.1, -0.05) is 0 Å². The number of aliphatic carboxylic acids is 1. The third kappa shape index (κ3) is 6.03. The summed E-state index contributed by atoms with van der Waals surface area (Å²) in [7, 11) is 3.17. The molecular formula is C9H17NO5. The van der Waals surface area contributed by atoms with Crippen LogP contribution in [0.4, 0.5) is 0 Å². The van der Waals surface area contributed by atoms with Gasteiger partial charge in [-0.2, -0.15) is 0 Å². The van der Waals surface area contributed by atoms with Crippen LogP contribution >= 0.6 is 0 Å². The van der Waals surface area contributed by atoms with Gasteiger partial charge in [-0.15, -0.1) is 0 Å². The largest absolute Gasteiger partial charge is 0.480 e. The smallest absolute Gasteiger partial charge is 0.329 e. The fourth-order valence-electron chi connectivity index (χ4n) is 0.926. The van der Waals surface area contributed by atoms with Gasteiger partial charge in [0.25, 0.3) is 0 Å². The molecule has 0 aromatic rings. The number of rotatable bonds is 7. The molecule has 15 heavy (non-hydrogen) atoms. The Balaban J connectivity index is 3.83. The van der Waals surface area contributed by atoms with Gasteiger partial charge < -0.3 is 19.5 Å². The molecule has 0 spiro atoms. The van der Waals surface area contributed by atoms with E-state index in [2.05, 4.69) is 4.74 Å². The van der Waals surface area contributed by atoms with Crippen LogP contribution in [-0.4, -0.2) is 61.9 Å². The van der Waals surface area contributed by atoms with Gasteiger partial charge in [0, 0.05) is 14.2 Å². The van der Waals surface area contributed by atoms with E-state index in [-0.39, 0.29) is 18.6 Å². The topological polar surface area (TPSA) is 76.1 Å². The summed E-state index contributed by atoms with van der Waals surface area (Å²) in [6, 6.07) is -0.0593. The van der Waals surface area contributed by atoms with Crippen LogP contribution < -0.4 is 0 Å². The maximum atomic E-state index is 11.4. The normalized spacial score (nSPS) is 12.2. The molecule has 6 heteroatoms. The molecule has 6 nitrogen and oxygen atoms in total. The molecular weight excluding hydrogens is 202 g/mol. The first-order valence-corrected chi connectivity index (χ1v) is 4.53. The highest BCUT2D eigenvalue weighted by Crippen LogP contribution is 1.97. The molecule has 0 aliphatic carbocycles. The van der Waals surface area contributed by atoms with E-state index in [0.717, 1.165) is 0 Å². The second kappa shape index (κ2) is 7.19. The Hall–Kier alpha value is -1.14. The van der Waals surface area contributed by atoms with E-state index in [1.807, 2.05) is 6.92 Å². The molecule has 0 bridgehead atoms. The Labute approximate surface area is 88.8 Å². The lowest BCUT2D eigenvalue weighted by Gasteiger charge is -2.23. The minimum atomic E-state index is -1.09. The number of carbonyl (C=O) groups is 2. The highest BCUT2D eigenvalue weighted by molar-refractivity contribution is 5.78. The summed E-state index contributed by atoms with van der Waals surface area (Å²) in [4.78, 5) is 23.0. The first-order chi connectivity index (χ1) is 6.99. The van der Waals surface area contributed by atoms with E-state index in [9.17, 15) is 9.59 Å². The third-order valence-corrected chi connectivity index (χ3v) is 1.91. The van der Waals surface area contributed by atoms with Gasteiger partial charge >= 0.3 is 5.97 Å². The Morgan fingerprint density at radius 3 is 2.47 bits per heavy atom. The zero-order valence-corrected chi connectivity index (χ0v) is 9.23. The molecule has 0 heterocycles. The average Bonchev–Trinajstić information content (AvgIpc) is 2.16. The van der Waals surface area contributed by atoms with Crippen molar-refractivity contribution in [2.45, 2.75) is 13.0 Å². The Kier molecular flexibility index (Phi) is 6.64. The summed E-state index contributed by atoms with van der Waals surface area (Å²) in [5.74, 6) is -1.35. The second-order valence-electron chi connectivity index (χ2n) is 3.20. The van der Waals surface area contributed by atoms with E-state index < -0.39 is 12.6 Å². The highest BCUT2D eigenvalue weighted by atomic mass is 16.5. The molecule has 0 aliphatic heterocycles. The number of carbonyl (C=O) groups excluding carboxylic acids is 1. The number of carboxylic acids is 1. The van der Waals surface area contributed by atoms with Crippen molar-refractivity contribution in [3.63, 3.8) is 0 Å². The van der Waals surface area contributed by atoms with Crippen LogP contribution in [-0.2, 0) is 19.1 Å². The number of methoxy groups -OCH3 is 1. The average molecular weight is 219 g/mol. The molecule has 0 aliphatic rings. The maximum Gasteiger partial charge on any atom is 0.329 e. The van der Waals surface area contributed by atoms with Gasteiger partial charge in [-0.25, -0.2) is 4.79 Å². The number of likely N-dealkylation sites (N-methyl/N-ethyl adjacent to an activating group) is 1. The van der Waals surface area contributed by atoms with Gasteiger partial charge in [0.15, 0.2) is 0 Å². The van der Waals surface area contributed by atoms with E-state index >= 15 is 0 Å². The first-order valence-electron chi connectivity index (χ1n) is 4.53. The molecule has 0 saturated carbocycles. The van der Waals surface area contributed by atoms with Gasteiger partial charge in [-0.3, -0.25) is 4.79 Å². The summed E-state index contributed by atoms with van der Waals surface area (Å²) in [6.45, 7) is 1.58. The Morgan fingerprint density at radius 2 is 2.00 bits per heavy atom. The molecule has 0 rings (SSSR count). The number of ether oxygens (including phenoxy) is 2. The van der Waals surface area contributed by atoms with Crippen LogP contribution in [0.3, 0.4) is 0 Å². The van der Waals surface area contributed by atoms with Crippen LogP contribution in [0.25, 0.3) is 0 Å². The number of carboxylic acid groups (broad SMARTS) is 1. The fraction of sp³-hybridized carbons (Fsp3) is 0.778. The lowest BCUT2D eigenvalue weighted by molar-refractivity contribution is -0.146. The van der Waals surface area contributed by atoms with Crippen molar-refractivity contribution >= 4 is 11.9 Å². The van der Waals surface area contributed by atoms with Crippen molar-refractivity contribution in [2.75, 3.05) is 34.0 Å². The van der Waals surface area contributed by atoms with Crippen molar-refractivity contribution in [1.29, 1.82) is 0 Å². The van der Waals surface area contributed by atoms with Crippen LogP contribution in [0.2, 0.25) is 0 Å². The molecule has 0 saturated heterocycles. The Bertz CT molecular complexity index is 219. The molecule has 0 radical (unpaired) electrons. The quantitative estimate of drug-likeness (QED) is 0.629. The van der Waals surface area contributed by atoms with Crippen molar-refractivity contribution in [1.82, 2.24) is 4.90 Å². The molecule has 1 unspecified atom stereocenters. The summed E-state index contributed by atoms with van der Waals surface area (Å²) >= 11 is 0. The van der Waals surface area contributed by atoms with Gasteiger partial charge in [0.2, 0.25) is 5.91 Å². The van der Waals surface area contributed by atoms with E-state index in [1.54, 1.807) is 14.2 Å². The van der Waals surface area contributed by atoms with E-state index in [1.165, 1.54) is 4.90 Å². The molecule has 1 N–H and O–H groups in total. The molecule has 1 atom stereocenters. The lowest BCUT2D eigenvalue weighted by Crippen LogP contribution is -2.40. The summed E-state index contributed by atoms with van der Waals surface area (Å²) < 4.78 is 9.56. The minimum absolute atomic E-state index is 0.0593. The summed E-state index contributed by atoms with van der Waals surface area (Å²) in [5.41, 5.74) is 0. The predicted molar refractivity (Wildman–Crippen MR) is 52.6 cm³/mol. The van der Waals surface area contributed by atoms with Crippen LogP contribution in [0.15, 0.2) is 0 Å². The molecule has 0 fully saturated rings. The van der Waals surface area contributed by atoms with Crippen LogP contribution in [0, 0.1) is 0 Å². The molecule has 1 amide bonds. The van der Waals surface area contributed by atoms with Crippen LogP contribution in [0.5, 0.6) is 0 Å². The minimum Gasteiger partial charge on any atom is -0.480 e. The standard InChI is InChI=1S/C9H17NO5/c1-7(4-14-3)10(2)8(11)5-15-6-9(12)13/h7H,4-6H2,1-3H3,(H,12,13). The fourth-order valence-corrected chi connectivity index (χ4v) is 0.926. The lowest BCUT2D eigenvalue weighted by atomic mass is 10.3. The molecule has 0 aromatic carbocycles. The van der Waals surface area contributed by atoms with E-state index in [4.69, 9.17) is 9.84 Å². The van der Waals surface area contributed by atoms with Gasteiger partial charge in [0.1, 0.15) is 13.2 Å². The summed E-state index contributed by atoms with van der Waals surface area (Å²) in [5, 5.41) is 8.29. The van der Waals surface area contributed by atoms with Crippen molar-refractivity contribution in [3.05, 3.63) is 0 Å². The number of amides is 1. The molecule has 88 valence electrons. The van der Waals surface area contributed by atoms with Gasteiger partial charge in [-0.05, 0) is 6.92 Å². The highest BCUT2D eigenvalue weighted by Gasteiger charge is 2.15. The zero-order valence-electron chi connectivity index (χ0n) is 9.23. The summed E-state index contributed by atoms with van der Waals surface area (Å²) in [6.07, 6.45) is 0. The predicted octanol–water partition coefficient (Wildman–Crippen LogP) is -0.419. The second-order valence-corrected chi connectivity index (χ2v) is 3.20. The molecule has 0 aromatic heterocycles. The van der Waals surface area contributed by atoms with E-state index in [0.29, 0.717) is 6.61 Å². The van der Waals surface area contributed by atoms with Gasteiger partial charge in [0.05, 0.1) is 12.6 Å². The van der Waals surface area contributed by atoms with Crippen molar-refractivity contribution < 1.29 is 24.2 Å². The zero-order chi connectivity index (χ0) is 11.8. The third-order valence-electron chi connectivity index (χ3n) is 1.91.